The largest absolute Gasteiger partial charge is 0.490 e. The number of benzene rings is 1. The minimum atomic E-state index is -1.00. The van der Waals surface area contributed by atoms with E-state index in [4.69, 9.17) is 20.9 Å². The first kappa shape index (κ1) is 32.7. The Morgan fingerprint density at radius 3 is 2.15 bits per heavy atom. The molecule has 0 unspecified atom stereocenters. The molecule has 1 aromatic carbocycles. The van der Waals surface area contributed by atoms with Crippen LogP contribution in [0.3, 0.4) is 0 Å². The summed E-state index contributed by atoms with van der Waals surface area (Å²) in [5.74, 6) is -1.58. The molecule has 3 amide bonds. The van der Waals surface area contributed by atoms with Crippen molar-refractivity contribution in [3.05, 3.63) is 55.1 Å². The lowest BCUT2D eigenvalue weighted by Gasteiger charge is -2.24. The molecule has 39 heavy (non-hydrogen) atoms. The van der Waals surface area contributed by atoms with Crippen LogP contribution in [0.2, 0.25) is 0 Å². The molecule has 0 aliphatic rings. The number of nitrogens with two attached hydrogens (primary N) is 2. The number of ether oxygens (including phenoxy) is 2. The first-order chi connectivity index (χ1) is 18.6. The summed E-state index contributed by atoms with van der Waals surface area (Å²) in [4.78, 5) is 54.3. The zero-order valence-electron chi connectivity index (χ0n) is 22.6. The lowest BCUT2D eigenvalue weighted by molar-refractivity contribution is -0.145. The smallest absolute Gasteiger partial charge is 0.328 e. The maximum Gasteiger partial charge on any atom is 0.328 e. The molecule has 12 nitrogen and oxygen atoms in total. The molecule has 0 saturated carbocycles. The van der Waals surface area contributed by atoms with E-state index in [0.717, 1.165) is 5.56 Å². The van der Waals surface area contributed by atoms with E-state index in [1.165, 1.54) is 20.1 Å². The van der Waals surface area contributed by atoms with Gasteiger partial charge in [0.05, 0.1) is 7.11 Å². The van der Waals surface area contributed by atoms with Crippen molar-refractivity contribution in [2.45, 2.75) is 57.2 Å². The number of guanidine groups is 1. The number of methoxy groups -OCH3 is 1. The summed E-state index contributed by atoms with van der Waals surface area (Å²) in [5.41, 5.74) is 11.5. The van der Waals surface area contributed by atoms with E-state index in [1.807, 2.05) is 0 Å². The zero-order chi connectivity index (χ0) is 29.2. The summed E-state index contributed by atoms with van der Waals surface area (Å²) < 4.78 is 10.2. The van der Waals surface area contributed by atoms with Crippen molar-refractivity contribution < 1.29 is 28.7 Å². The summed E-state index contributed by atoms with van der Waals surface area (Å²) in [6.45, 7) is 9.22. The molecule has 0 fully saturated rings. The van der Waals surface area contributed by atoms with E-state index in [1.54, 1.807) is 30.3 Å². The maximum absolute atomic E-state index is 13.3. The van der Waals surface area contributed by atoms with Crippen molar-refractivity contribution in [1.29, 1.82) is 0 Å². The quantitative estimate of drug-likeness (QED) is 0.0579. The average Bonchev–Trinajstić information content (AvgIpc) is 2.90. The molecular formula is C27H40N6O6. The number of esters is 1. The monoisotopic (exact) mass is 544 g/mol. The molecule has 0 aliphatic carbocycles. The van der Waals surface area contributed by atoms with Crippen molar-refractivity contribution in [2.75, 3.05) is 20.3 Å². The van der Waals surface area contributed by atoms with Gasteiger partial charge < -0.3 is 36.9 Å². The molecule has 0 heterocycles. The van der Waals surface area contributed by atoms with E-state index in [0.29, 0.717) is 31.7 Å². The second-order valence-electron chi connectivity index (χ2n) is 8.67. The highest BCUT2D eigenvalue weighted by molar-refractivity contribution is 5.93. The van der Waals surface area contributed by atoms with Gasteiger partial charge in [-0.1, -0.05) is 30.9 Å². The van der Waals surface area contributed by atoms with Gasteiger partial charge in [0, 0.05) is 19.9 Å². The summed E-state index contributed by atoms with van der Waals surface area (Å²) in [6.07, 6.45) is 4.71. The van der Waals surface area contributed by atoms with Crippen LogP contribution >= 0.6 is 0 Å². The highest BCUT2D eigenvalue weighted by atomic mass is 16.5. The number of unbranched alkanes of at least 4 members (excludes halogenated alkanes) is 1. The van der Waals surface area contributed by atoms with E-state index in [9.17, 15) is 19.2 Å². The molecule has 7 N–H and O–H groups in total. The zero-order valence-corrected chi connectivity index (χ0v) is 22.6. The van der Waals surface area contributed by atoms with Crippen LogP contribution in [0.25, 0.3) is 0 Å². The molecule has 0 bridgehead atoms. The minimum absolute atomic E-state index is 0.0404. The predicted molar refractivity (Wildman–Crippen MR) is 149 cm³/mol. The fourth-order valence-electron chi connectivity index (χ4n) is 3.57. The molecule has 0 radical (unpaired) electrons. The van der Waals surface area contributed by atoms with Crippen molar-refractivity contribution in [3.8, 4) is 5.75 Å². The molecule has 0 spiro atoms. The number of carbonyl (C=O) groups is 4. The Morgan fingerprint density at radius 2 is 1.59 bits per heavy atom. The molecule has 0 aromatic heterocycles. The number of aliphatic imine (C=N–C) groups is 1. The summed E-state index contributed by atoms with van der Waals surface area (Å²) in [6, 6.07) is 4.15. The van der Waals surface area contributed by atoms with Crippen LogP contribution in [-0.4, -0.2) is 68.0 Å². The summed E-state index contributed by atoms with van der Waals surface area (Å²) in [7, 11) is 1.21. The Labute approximate surface area is 229 Å². The molecule has 0 aliphatic heterocycles. The van der Waals surface area contributed by atoms with E-state index >= 15 is 0 Å². The van der Waals surface area contributed by atoms with Crippen molar-refractivity contribution >= 4 is 29.7 Å². The second kappa shape index (κ2) is 18.0. The van der Waals surface area contributed by atoms with E-state index < -0.39 is 41.8 Å². The van der Waals surface area contributed by atoms with Gasteiger partial charge in [0.25, 0.3) is 0 Å². The van der Waals surface area contributed by atoms with Gasteiger partial charge >= 0.3 is 5.97 Å². The fourth-order valence-corrected chi connectivity index (χ4v) is 3.57. The average molecular weight is 545 g/mol. The third-order valence-corrected chi connectivity index (χ3v) is 5.46. The molecule has 1 rings (SSSR count). The SMILES string of the molecule is C=CCOc1ccc(C[C@H](NC(C)=O)C(=O)N[C@@H](CCCCN=C(N)N)C(=O)N[C@H](CC=C)C(=O)OC)cc1. The van der Waals surface area contributed by atoms with Gasteiger partial charge in [0.2, 0.25) is 17.7 Å². The van der Waals surface area contributed by atoms with Gasteiger partial charge in [0.1, 0.15) is 30.5 Å². The number of rotatable bonds is 18. The van der Waals surface area contributed by atoms with Gasteiger partial charge in [-0.25, -0.2) is 4.79 Å². The highest BCUT2D eigenvalue weighted by Crippen LogP contribution is 2.14. The molecule has 1 aromatic rings. The lowest BCUT2D eigenvalue weighted by atomic mass is 10.0. The lowest BCUT2D eigenvalue weighted by Crippen LogP contribution is -2.56. The van der Waals surface area contributed by atoms with Gasteiger partial charge in [-0.15, -0.1) is 6.58 Å². The number of hydrogen-bond donors (Lipinski definition) is 5. The van der Waals surface area contributed by atoms with Crippen LogP contribution in [-0.2, 0) is 30.3 Å². The minimum Gasteiger partial charge on any atom is -0.490 e. The third-order valence-electron chi connectivity index (χ3n) is 5.46. The van der Waals surface area contributed by atoms with Crippen LogP contribution in [0, 0.1) is 0 Å². The Balaban J connectivity index is 3.05. The number of amides is 3. The van der Waals surface area contributed by atoms with Crippen LogP contribution < -0.4 is 32.2 Å². The summed E-state index contributed by atoms with van der Waals surface area (Å²) in [5, 5.41) is 7.97. The number of nitrogens with zero attached hydrogens (tertiary/aromatic N) is 1. The molecule has 0 saturated heterocycles. The van der Waals surface area contributed by atoms with Crippen molar-refractivity contribution in [1.82, 2.24) is 16.0 Å². The molecule has 3 atom stereocenters. The molecule has 12 heteroatoms. The molecule has 214 valence electrons. The van der Waals surface area contributed by atoms with Crippen molar-refractivity contribution in [2.24, 2.45) is 16.5 Å². The number of carbonyl (C=O) groups excluding carboxylic acids is 4. The standard InChI is InChI=1S/C27H40N6O6/c1-5-9-22(26(37)38-4)33-24(35)21(10-7-8-15-30-27(28)29)32-25(36)23(31-18(3)34)17-19-11-13-20(14-12-19)39-16-6-2/h5-6,11-14,21-23H,1-2,7-10,15-17H2,3-4H3,(H,31,34)(H,32,36)(H,33,35)(H4,28,29,30)/t21-,22+,23-/m0/s1. The Kier molecular flexibility index (Phi) is 15.1. The van der Waals surface area contributed by atoms with Crippen LogP contribution in [0.4, 0.5) is 0 Å². The van der Waals surface area contributed by atoms with Gasteiger partial charge in [-0.3, -0.25) is 19.4 Å². The summed E-state index contributed by atoms with van der Waals surface area (Å²) >= 11 is 0. The highest BCUT2D eigenvalue weighted by Gasteiger charge is 2.29. The Hall–Kier alpha value is -4.35. The number of nitrogens with one attached hydrogen (secondary N) is 3. The Morgan fingerprint density at radius 1 is 0.949 bits per heavy atom. The van der Waals surface area contributed by atoms with Crippen molar-refractivity contribution in [3.63, 3.8) is 0 Å². The predicted octanol–water partition coefficient (Wildman–Crippen LogP) is 0.461. The van der Waals surface area contributed by atoms with E-state index in [-0.39, 0.29) is 25.2 Å². The fraction of sp³-hybridized carbons (Fsp3) is 0.444. The van der Waals surface area contributed by atoms with E-state index in [2.05, 4.69) is 34.1 Å². The van der Waals surface area contributed by atoms with Gasteiger partial charge in [0.15, 0.2) is 5.96 Å². The first-order valence-corrected chi connectivity index (χ1v) is 12.6. The Bertz CT molecular complexity index is 1010. The topological polar surface area (TPSA) is 187 Å². The second-order valence-corrected chi connectivity index (χ2v) is 8.67. The van der Waals surface area contributed by atoms with Crippen LogP contribution in [0.5, 0.6) is 5.75 Å². The van der Waals surface area contributed by atoms with Gasteiger partial charge in [-0.05, 0) is 43.4 Å². The first-order valence-electron chi connectivity index (χ1n) is 12.6. The van der Waals surface area contributed by atoms with Gasteiger partial charge in [-0.2, -0.15) is 0 Å². The van der Waals surface area contributed by atoms with Crippen LogP contribution in [0.1, 0.15) is 38.2 Å². The maximum atomic E-state index is 13.3. The number of hydrogen-bond acceptors (Lipinski definition) is 7. The normalized spacial score (nSPS) is 12.6. The third kappa shape index (κ3) is 13.1. The molecular weight excluding hydrogens is 504 g/mol. The van der Waals surface area contributed by atoms with Crippen LogP contribution in [0.15, 0.2) is 54.6 Å².